The number of aliphatic carboxylic acids is 1. The van der Waals surface area contributed by atoms with Gasteiger partial charge >= 0.3 is 18.1 Å². The summed E-state index contributed by atoms with van der Waals surface area (Å²) in [5, 5.41) is 7.12. The molecule has 0 amide bonds. The molecule has 0 atom stereocenters. The van der Waals surface area contributed by atoms with Crippen molar-refractivity contribution in [3.63, 3.8) is 0 Å². The molecule has 2 rings (SSSR count). The summed E-state index contributed by atoms with van der Waals surface area (Å²) in [5.41, 5.74) is 2.65. The minimum absolute atomic E-state index is 0.246. The molecule has 0 aliphatic rings. The number of carboxylic acids is 1. The van der Waals surface area contributed by atoms with Gasteiger partial charge in [-0.2, -0.15) is 13.2 Å². The van der Waals surface area contributed by atoms with Crippen LogP contribution in [0.4, 0.5) is 13.2 Å². The number of halogens is 3. The highest BCUT2D eigenvalue weighted by molar-refractivity contribution is 5.88. The van der Waals surface area contributed by atoms with Crippen LogP contribution in [0.1, 0.15) is 56.8 Å². The summed E-state index contributed by atoms with van der Waals surface area (Å²) < 4.78 is 37.6. The number of carbonyl (C=O) groups is 2. The first-order valence-corrected chi connectivity index (χ1v) is 9.94. The molecule has 2 aromatic rings. The zero-order valence-electron chi connectivity index (χ0n) is 17.6. The van der Waals surface area contributed by atoms with E-state index in [-0.39, 0.29) is 12.1 Å². The summed E-state index contributed by atoms with van der Waals surface area (Å²) in [6.07, 6.45) is 0.943. The minimum Gasteiger partial charge on any atom is -0.475 e. The number of carboxylic acid groups (broad SMARTS) is 1. The lowest BCUT2D eigenvalue weighted by Gasteiger charge is -2.19. The van der Waals surface area contributed by atoms with Crippen LogP contribution >= 0.6 is 0 Å². The van der Waals surface area contributed by atoms with Crippen LogP contribution in [-0.2, 0) is 14.3 Å². The van der Waals surface area contributed by atoms with Crippen LogP contribution in [0.25, 0.3) is 0 Å². The Morgan fingerprint density at radius 1 is 0.968 bits per heavy atom. The Morgan fingerprint density at radius 2 is 1.42 bits per heavy atom. The monoisotopic (exact) mass is 436 g/mol. The van der Waals surface area contributed by atoms with Crippen LogP contribution in [0.5, 0.6) is 0 Å². The van der Waals surface area contributed by atoms with Gasteiger partial charge in [0.1, 0.15) is 0 Å². The Hall–Kier alpha value is -3.09. The van der Waals surface area contributed by atoms with E-state index in [1.165, 1.54) is 12.8 Å². The zero-order valence-corrected chi connectivity index (χ0v) is 17.6. The summed E-state index contributed by atoms with van der Waals surface area (Å²) in [4.78, 5) is 21.4. The number of carbonyl (C=O) groups excluding carboxylic acids is 1. The van der Waals surface area contributed by atoms with Crippen molar-refractivity contribution in [2.75, 3.05) is 0 Å². The fourth-order valence-corrected chi connectivity index (χ4v) is 2.58. The van der Waals surface area contributed by atoms with Crippen molar-refractivity contribution >= 4 is 11.9 Å². The molecule has 31 heavy (non-hydrogen) atoms. The summed E-state index contributed by atoms with van der Waals surface area (Å²) in [6.45, 7) is 4.01. The topological polar surface area (TPSA) is 63.6 Å². The number of hydrogen-bond donors (Lipinski definition) is 1. The Bertz CT molecular complexity index is 791. The fourth-order valence-electron chi connectivity index (χ4n) is 2.58. The van der Waals surface area contributed by atoms with E-state index in [0.717, 1.165) is 24.0 Å². The third-order valence-corrected chi connectivity index (χ3v) is 4.25. The minimum atomic E-state index is -5.08. The molecule has 168 valence electrons. The molecule has 0 aromatic heterocycles. The Morgan fingerprint density at radius 3 is 1.81 bits per heavy atom. The van der Waals surface area contributed by atoms with E-state index in [4.69, 9.17) is 14.6 Å². The van der Waals surface area contributed by atoms with Gasteiger partial charge in [0.15, 0.2) is 6.10 Å². The largest absolute Gasteiger partial charge is 0.490 e. The summed E-state index contributed by atoms with van der Waals surface area (Å²) >= 11 is 0. The van der Waals surface area contributed by atoms with Crippen molar-refractivity contribution in [2.45, 2.75) is 51.8 Å². The lowest BCUT2D eigenvalue weighted by molar-refractivity contribution is -0.192. The summed E-state index contributed by atoms with van der Waals surface area (Å²) in [7, 11) is 0. The van der Waals surface area contributed by atoms with Crippen LogP contribution < -0.4 is 0 Å². The number of hydrogen-bond acceptors (Lipinski definition) is 3. The van der Waals surface area contributed by atoms with Crippen LogP contribution in [0, 0.1) is 0 Å². The summed E-state index contributed by atoms with van der Waals surface area (Å²) in [6, 6.07) is 19.8. The number of allylic oxidation sites excluding steroid dienone is 1. The molecule has 4 nitrogen and oxygen atoms in total. The van der Waals surface area contributed by atoms with Gasteiger partial charge in [-0.3, -0.25) is 0 Å². The highest BCUT2D eigenvalue weighted by atomic mass is 19.4. The number of alkyl halides is 3. The van der Waals surface area contributed by atoms with Gasteiger partial charge in [0.05, 0.1) is 0 Å². The molecule has 0 aliphatic carbocycles. The van der Waals surface area contributed by atoms with E-state index < -0.39 is 12.1 Å². The second kappa shape index (κ2) is 13.3. The van der Waals surface area contributed by atoms with Gasteiger partial charge in [-0.25, -0.2) is 9.59 Å². The van der Waals surface area contributed by atoms with E-state index in [2.05, 4.69) is 6.92 Å². The lowest BCUT2D eigenvalue weighted by atomic mass is 10.0. The highest BCUT2D eigenvalue weighted by Gasteiger charge is 2.38. The molecular formula is C24H27F3O4. The Labute approximate surface area is 180 Å². The quantitative estimate of drug-likeness (QED) is 0.292. The van der Waals surface area contributed by atoms with Gasteiger partial charge in [0.25, 0.3) is 0 Å². The maximum absolute atomic E-state index is 12.5. The average molecular weight is 436 g/mol. The van der Waals surface area contributed by atoms with Crippen molar-refractivity contribution in [1.29, 1.82) is 0 Å². The van der Waals surface area contributed by atoms with Crippen molar-refractivity contribution in [3.8, 4) is 0 Å². The molecule has 0 unspecified atom stereocenters. The number of ether oxygens (including phenoxy) is 1. The zero-order chi connectivity index (χ0) is 23.3. The first-order chi connectivity index (χ1) is 14.7. The van der Waals surface area contributed by atoms with E-state index >= 15 is 0 Å². The standard InChI is InChI=1S/C22H26O2.C2HF3O2/c1-3-4-5-8-13-18(2)22(23)24-21(19-14-9-6-10-15-19)20-16-11-7-12-17-20;3-2(4,5)1(6)7/h6-7,9-17,21H,3-5,8H2,1-2H3;(H,6,7)/b18-13-;. The predicted molar refractivity (Wildman–Crippen MR) is 112 cm³/mol. The SMILES string of the molecule is CCCCC/C=C(/C)C(=O)OC(c1ccccc1)c1ccccc1.O=C(O)C(F)(F)F. The third kappa shape index (κ3) is 9.98. The van der Waals surface area contributed by atoms with Gasteiger partial charge in [-0.15, -0.1) is 0 Å². The number of benzene rings is 2. The van der Waals surface area contributed by atoms with Crippen LogP contribution in [0.15, 0.2) is 72.3 Å². The predicted octanol–water partition coefficient (Wildman–Crippen LogP) is 6.48. The van der Waals surface area contributed by atoms with Gasteiger partial charge in [0, 0.05) is 5.57 Å². The molecule has 0 aliphatic heterocycles. The van der Waals surface area contributed by atoms with Crippen LogP contribution in [0.2, 0.25) is 0 Å². The first-order valence-electron chi connectivity index (χ1n) is 9.94. The first kappa shape index (κ1) is 25.9. The van der Waals surface area contributed by atoms with E-state index in [1.807, 2.05) is 73.7 Å². The molecule has 0 fully saturated rings. The van der Waals surface area contributed by atoms with Gasteiger partial charge in [0.2, 0.25) is 0 Å². The normalized spacial score (nSPS) is 11.5. The second-order valence-corrected chi connectivity index (χ2v) is 6.79. The van der Waals surface area contributed by atoms with Gasteiger partial charge in [-0.1, -0.05) is 86.5 Å². The second-order valence-electron chi connectivity index (χ2n) is 6.79. The summed E-state index contributed by atoms with van der Waals surface area (Å²) in [5.74, 6) is -3.00. The molecule has 0 heterocycles. The van der Waals surface area contributed by atoms with Gasteiger partial charge < -0.3 is 9.84 Å². The maximum atomic E-state index is 12.5. The van der Waals surface area contributed by atoms with Crippen LogP contribution in [-0.4, -0.2) is 23.2 Å². The van der Waals surface area contributed by atoms with E-state index in [0.29, 0.717) is 5.57 Å². The Kier molecular flexibility index (Phi) is 11.1. The average Bonchev–Trinajstić information content (AvgIpc) is 2.75. The Balaban J connectivity index is 0.000000592. The van der Waals surface area contributed by atoms with E-state index in [9.17, 15) is 18.0 Å². The maximum Gasteiger partial charge on any atom is 0.490 e. The smallest absolute Gasteiger partial charge is 0.475 e. The molecular weight excluding hydrogens is 409 g/mol. The van der Waals surface area contributed by atoms with Crippen molar-refractivity contribution in [3.05, 3.63) is 83.4 Å². The molecule has 0 radical (unpaired) electrons. The molecule has 2 aromatic carbocycles. The number of rotatable bonds is 8. The third-order valence-electron chi connectivity index (χ3n) is 4.25. The molecule has 0 bridgehead atoms. The van der Waals surface area contributed by atoms with E-state index in [1.54, 1.807) is 0 Å². The van der Waals surface area contributed by atoms with Crippen molar-refractivity contribution in [1.82, 2.24) is 0 Å². The fraction of sp³-hybridized carbons (Fsp3) is 0.333. The number of esters is 1. The molecule has 7 heteroatoms. The molecule has 0 saturated carbocycles. The molecule has 1 N–H and O–H groups in total. The number of unbranched alkanes of at least 4 members (excludes halogenated alkanes) is 3. The molecule has 0 saturated heterocycles. The van der Waals surface area contributed by atoms with Crippen molar-refractivity contribution < 1.29 is 32.6 Å². The lowest BCUT2D eigenvalue weighted by Crippen LogP contribution is -2.21. The van der Waals surface area contributed by atoms with Crippen molar-refractivity contribution in [2.24, 2.45) is 0 Å². The molecule has 0 spiro atoms. The van der Waals surface area contributed by atoms with Gasteiger partial charge in [-0.05, 0) is 30.9 Å². The van der Waals surface area contributed by atoms with Crippen LogP contribution in [0.3, 0.4) is 0 Å². The highest BCUT2D eigenvalue weighted by Crippen LogP contribution is 2.27.